The molecule has 1 atom stereocenters. The fourth-order valence-corrected chi connectivity index (χ4v) is 5.27. The zero-order chi connectivity index (χ0) is 20.4. The first kappa shape index (κ1) is 23.0. The van der Waals surface area contributed by atoms with Crippen LogP contribution in [0.2, 0.25) is 0 Å². The fourth-order valence-electron chi connectivity index (χ4n) is 5.27. The number of halogens is 1. The van der Waals surface area contributed by atoms with Gasteiger partial charge in [0.15, 0.2) is 0 Å². The van der Waals surface area contributed by atoms with Crippen LogP contribution in [0.5, 0.6) is 5.75 Å². The summed E-state index contributed by atoms with van der Waals surface area (Å²) in [6.45, 7) is 8.98. The lowest BCUT2D eigenvalue weighted by atomic mass is 9.89. The molecule has 166 valence electrons. The van der Waals surface area contributed by atoms with Crippen LogP contribution < -0.4 is 4.74 Å². The van der Waals surface area contributed by atoms with Gasteiger partial charge in [0, 0.05) is 43.8 Å². The predicted molar refractivity (Wildman–Crippen MR) is 125 cm³/mol. The molecule has 4 rings (SSSR count). The van der Waals surface area contributed by atoms with E-state index in [-0.39, 0.29) is 18.3 Å². The second-order valence-corrected chi connectivity index (χ2v) is 8.78. The molecule has 0 bridgehead atoms. The summed E-state index contributed by atoms with van der Waals surface area (Å²) < 4.78 is 7.98. The molecule has 1 aliphatic carbocycles. The summed E-state index contributed by atoms with van der Waals surface area (Å²) in [4.78, 5) is 18.0. The Kier molecular flexibility index (Phi) is 7.70. The number of methoxy groups -OCH3 is 1. The average Bonchev–Trinajstić information content (AvgIpc) is 3.12. The van der Waals surface area contributed by atoms with Crippen molar-refractivity contribution in [2.24, 2.45) is 5.92 Å². The number of fused-ring (bicyclic) bond motifs is 1. The highest BCUT2D eigenvalue weighted by atomic mass is 35.5. The standard InChI is InChI=1S/C24H35N3O2.ClH/c1-4-25-13-14-26(15-18(25)2)24(28)21-17-27(16-19-9-6-5-7-10-19)23-20(21)11-8-12-22(23)29-3;/h8,11-12,17-19H,4-7,9-10,13-16H2,1-3H3;1H/t18-;/m0./s1. The lowest BCUT2D eigenvalue weighted by Crippen LogP contribution is -2.53. The highest BCUT2D eigenvalue weighted by Crippen LogP contribution is 2.33. The van der Waals surface area contributed by atoms with E-state index < -0.39 is 0 Å². The number of ether oxygens (including phenoxy) is 1. The Bertz CT molecular complexity index is 859. The summed E-state index contributed by atoms with van der Waals surface area (Å²) in [6.07, 6.45) is 8.68. The number of likely N-dealkylation sites (N-methyl/N-ethyl adjacent to an activating group) is 1. The molecular weight excluding hydrogens is 398 g/mol. The molecule has 1 aromatic carbocycles. The topological polar surface area (TPSA) is 37.7 Å². The first-order valence-corrected chi connectivity index (χ1v) is 11.3. The number of hydrogen-bond acceptors (Lipinski definition) is 3. The van der Waals surface area contributed by atoms with E-state index in [0.717, 1.165) is 54.9 Å². The second-order valence-electron chi connectivity index (χ2n) is 8.78. The zero-order valence-corrected chi connectivity index (χ0v) is 19.4. The first-order valence-electron chi connectivity index (χ1n) is 11.3. The predicted octanol–water partition coefficient (Wildman–Crippen LogP) is 4.82. The molecule has 5 nitrogen and oxygen atoms in total. The van der Waals surface area contributed by atoms with Crippen LogP contribution in [0.3, 0.4) is 0 Å². The Balaban J connectivity index is 0.00000256. The number of carbonyl (C=O) groups excluding carboxylic acids is 1. The normalized spacial score (nSPS) is 20.9. The van der Waals surface area contributed by atoms with Crippen molar-refractivity contribution in [3.05, 3.63) is 30.0 Å². The molecule has 1 aromatic heterocycles. The maximum Gasteiger partial charge on any atom is 0.256 e. The van der Waals surface area contributed by atoms with Gasteiger partial charge in [-0.1, -0.05) is 38.3 Å². The van der Waals surface area contributed by atoms with Gasteiger partial charge in [-0.15, -0.1) is 12.4 Å². The zero-order valence-electron chi connectivity index (χ0n) is 18.6. The quantitative estimate of drug-likeness (QED) is 0.678. The average molecular weight is 434 g/mol. The summed E-state index contributed by atoms with van der Waals surface area (Å²) in [7, 11) is 1.72. The second kappa shape index (κ2) is 10.1. The molecule has 2 aliphatic rings. The van der Waals surface area contributed by atoms with Gasteiger partial charge in [-0.2, -0.15) is 0 Å². The molecule has 0 radical (unpaired) electrons. The van der Waals surface area contributed by atoms with Crippen molar-refractivity contribution in [1.82, 2.24) is 14.4 Å². The monoisotopic (exact) mass is 433 g/mol. The van der Waals surface area contributed by atoms with E-state index in [1.165, 1.54) is 32.1 Å². The molecule has 1 saturated heterocycles. The van der Waals surface area contributed by atoms with E-state index in [4.69, 9.17) is 4.74 Å². The molecule has 0 N–H and O–H groups in total. The van der Waals surface area contributed by atoms with Crippen molar-refractivity contribution in [1.29, 1.82) is 0 Å². The van der Waals surface area contributed by atoms with Gasteiger partial charge < -0.3 is 14.2 Å². The van der Waals surface area contributed by atoms with Gasteiger partial charge in [0.05, 0.1) is 18.2 Å². The summed E-state index contributed by atoms with van der Waals surface area (Å²) in [5.74, 6) is 1.72. The van der Waals surface area contributed by atoms with Crippen LogP contribution in [0.25, 0.3) is 10.9 Å². The highest BCUT2D eigenvalue weighted by Gasteiger charge is 2.29. The van der Waals surface area contributed by atoms with Gasteiger partial charge >= 0.3 is 0 Å². The molecular formula is C24H36ClN3O2. The lowest BCUT2D eigenvalue weighted by molar-refractivity contribution is 0.0530. The molecule has 1 amide bonds. The Morgan fingerprint density at radius 2 is 1.93 bits per heavy atom. The molecule has 6 heteroatoms. The molecule has 2 fully saturated rings. The van der Waals surface area contributed by atoms with Gasteiger partial charge in [0.1, 0.15) is 5.75 Å². The van der Waals surface area contributed by atoms with Gasteiger partial charge in [0.2, 0.25) is 0 Å². The van der Waals surface area contributed by atoms with Gasteiger partial charge in [-0.3, -0.25) is 9.69 Å². The summed E-state index contributed by atoms with van der Waals surface area (Å²) in [5, 5.41) is 1.02. The van der Waals surface area contributed by atoms with Gasteiger partial charge in [0.25, 0.3) is 5.91 Å². The summed E-state index contributed by atoms with van der Waals surface area (Å²) in [5.41, 5.74) is 1.90. The van der Waals surface area contributed by atoms with E-state index in [2.05, 4.69) is 35.6 Å². The third-order valence-corrected chi connectivity index (χ3v) is 6.95. The van der Waals surface area contributed by atoms with Crippen LogP contribution in [-0.4, -0.2) is 59.6 Å². The SMILES string of the molecule is CCN1CCN(C(=O)c2cn(CC3CCCCC3)c3c(OC)cccc23)C[C@@H]1C.Cl. The number of nitrogens with zero attached hydrogens (tertiary/aromatic N) is 3. The molecule has 30 heavy (non-hydrogen) atoms. The largest absolute Gasteiger partial charge is 0.495 e. The number of benzene rings is 1. The number of amides is 1. The Hall–Kier alpha value is -1.72. The van der Waals surface area contributed by atoms with Crippen LogP contribution in [0.1, 0.15) is 56.3 Å². The van der Waals surface area contributed by atoms with Crippen LogP contribution in [0.4, 0.5) is 0 Å². The first-order chi connectivity index (χ1) is 14.1. The van der Waals surface area contributed by atoms with Crippen molar-refractivity contribution >= 4 is 29.2 Å². The third kappa shape index (κ3) is 4.47. The molecule has 1 saturated carbocycles. The molecule has 0 spiro atoms. The van der Waals surface area contributed by atoms with E-state index >= 15 is 0 Å². The van der Waals surface area contributed by atoms with Crippen molar-refractivity contribution in [2.75, 3.05) is 33.3 Å². The number of piperazine rings is 1. The molecule has 1 aliphatic heterocycles. The van der Waals surface area contributed by atoms with Gasteiger partial charge in [-0.25, -0.2) is 0 Å². The van der Waals surface area contributed by atoms with E-state index in [9.17, 15) is 4.79 Å². The van der Waals surface area contributed by atoms with Crippen LogP contribution in [-0.2, 0) is 6.54 Å². The van der Waals surface area contributed by atoms with Crippen molar-refractivity contribution in [2.45, 2.75) is 58.5 Å². The van der Waals surface area contributed by atoms with E-state index in [1.54, 1.807) is 7.11 Å². The Morgan fingerprint density at radius 1 is 1.17 bits per heavy atom. The number of aromatic nitrogens is 1. The van der Waals surface area contributed by atoms with Crippen molar-refractivity contribution in [3.63, 3.8) is 0 Å². The maximum atomic E-state index is 13.5. The Labute approximate surface area is 186 Å². The lowest BCUT2D eigenvalue weighted by Gasteiger charge is -2.39. The smallest absolute Gasteiger partial charge is 0.256 e. The van der Waals surface area contributed by atoms with Crippen LogP contribution in [0, 0.1) is 5.92 Å². The van der Waals surface area contributed by atoms with Crippen molar-refractivity contribution < 1.29 is 9.53 Å². The van der Waals surface area contributed by atoms with Gasteiger partial charge in [-0.05, 0) is 38.3 Å². The summed E-state index contributed by atoms with van der Waals surface area (Å²) >= 11 is 0. The van der Waals surface area contributed by atoms with Crippen LogP contribution in [0.15, 0.2) is 24.4 Å². The minimum Gasteiger partial charge on any atom is -0.495 e. The number of carbonyl (C=O) groups is 1. The van der Waals surface area contributed by atoms with E-state index in [0.29, 0.717) is 12.0 Å². The summed E-state index contributed by atoms with van der Waals surface area (Å²) in [6, 6.07) is 6.49. The van der Waals surface area contributed by atoms with Crippen LogP contribution >= 0.6 is 12.4 Å². The third-order valence-electron chi connectivity index (χ3n) is 6.95. The number of hydrogen-bond donors (Lipinski definition) is 0. The molecule has 2 heterocycles. The van der Waals surface area contributed by atoms with Crippen molar-refractivity contribution in [3.8, 4) is 5.75 Å². The highest BCUT2D eigenvalue weighted by molar-refractivity contribution is 6.08. The maximum absolute atomic E-state index is 13.5. The minimum atomic E-state index is 0. The molecule has 0 unspecified atom stereocenters. The Morgan fingerprint density at radius 3 is 2.60 bits per heavy atom. The molecule has 2 aromatic rings. The fraction of sp³-hybridized carbons (Fsp3) is 0.625. The minimum absolute atomic E-state index is 0. The number of para-hydroxylation sites is 1. The number of rotatable bonds is 5. The van der Waals surface area contributed by atoms with E-state index in [1.807, 2.05) is 17.0 Å².